The number of aryl methyl sites for hydroxylation is 1. The minimum atomic E-state index is -0.417. The van der Waals surface area contributed by atoms with Gasteiger partial charge in [0.2, 0.25) is 0 Å². The third kappa shape index (κ3) is 4.08. The van der Waals surface area contributed by atoms with Gasteiger partial charge in [-0.05, 0) is 18.1 Å². The van der Waals surface area contributed by atoms with Crippen LogP contribution in [0.25, 0.3) is 22.6 Å². The molecule has 0 radical (unpaired) electrons. The van der Waals surface area contributed by atoms with E-state index in [4.69, 9.17) is 10.7 Å². The lowest BCUT2D eigenvalue weighted by Gasteiger charge is -2.10. The van der Waals surface area contributed by atoms with Gasteiger partial charge in [-0.1, -0.05) is 50.1 Å². The molecular weight excluding hydrogens is 367 g/mol. The van der Waals surface area contributed by atoms with Gasteiger partial charge in [0, 0.05) is 18.2 Å². The van der Waals surface area contributed by atoms with E-state index in [0.717, 1.165) is 31.2 Å². The first kappa shape index (κ1) is 19.0. The van der Waals surface area contributed by atoms with E-state index in [0.29, 0.717) is 40.7 Å². The summed E-state index contributed by atoms with van der Waals surface area (Å²) in [4.78, 5) is 17.9. The summed E-state index contributed by atoms with van der Waals surface area (Å²) in [7, 11) is 0. The van der Waals surface area contributed by atoms with E-state index < -0.39 is 5.82 Å². The van der Waals surface area contributed by atoms with Crippen molar-refractivity contribution in [3.8, 4) is 11.4 Å². The Morgan fingerprint density at radius 3 is 2.62 bits per heavy atom. The van der Waals surface area contributed by atoms with E-state index in [1.807, 2.05) is 34.9 Å². The van der Waals surface area contributed by atoms with Gasteiger partial charge in [-0.25, -0.2) is 19.3 Å². The quantitative estimate of drug-likeness (QED) is 0.473. The Hall–Kier alpha value is -3.35. The van der Waals surface area contributed by atoms with E-state index in [9.17, 15) is 4.39 Å². The van der Waals surface area contributed by atoms with Gasteiger partial charge in [-0.15, -0.1) is 0 Å². The van der Waals surface area contributed by atoms with E-state index in [1.54, 1.807) is 6.20 Å². The maximum Gasteiger partial charge on any atom is 0.166 e. The number of rotatable bonds is 7. The number of unbranched alkanes of at least 4 members (excludes halogenated alkanes) is 2. The number of imidazole rings is 1. The zero-order chi connectivity index (χ0) is 20.2. The van der Waals surface area contributed by atoms with Crippen LogP contribution in [0.15, 0.2) is 48.8 Å². The zero-order valence-corrected chi connectivity index (χ0v) is 16.3. The number of nitrogens with two attached hydrogens (primary N) is 1. The number of fused-ring (bicyclic) bond motifs is 1. The molecule has 2 N–H and O–H groups in total. The standard InChI is InChI=1S/C22H23FN6/c1-2-3-5-10-18-26-20(24)19-22(27-18)29(14-15-8-6-4-7-9-15)21(28-19)16-11-17(23)13-25-12-16/h4,6-9,11-13H,2-3,5,10,14H2,1H3,(H2,24,26,27). The average Bonchev–Trinajstić information content (AvgIpc) is 3.08. The third-order valence-corrected chi connectivity index (χ3v) is 4.82. The van der Waals surface area contributed by atoms with Crippen LogP contribution >= 0.6 is 0 Å². The molecule has 148 valence electrons. The molecule has 4 aromatic rings. The van der Waals surface area contributed by atoms with Crippen molar-refractivity contribution in [1.29, 1.82) is 0 Å². The summed E-state index contributed by atoms with van der Waals surface area (Å²) in [6.07, 6.45) is 6.78. The lowest BCUT2D eigenvalue weighted by atomic mass is 10.2. The minimum Gasteiger partial charge on any atom is -0.382 e. The van der Waals surface area contributed by atoms with Gasteiger partial charge in [0.25, 0.3) is 0 Å². The van der Waals surface area contributed by atoms with Crippen LogP contribution in [-0.2, 0) is 13.0 Å². The normalized spacial score (nSPS) is 11.2. The Balaban J connectivity index is 1.86. The summed E-state index contributed by atoms with van der Waals surface area (Å²) in [6, 6.07) is 11.4. The van der Waals surface area contributed by atoms with Crippen molar-refractivity contribution in [2.75, 3.05) is 5.73 Å². The third-order valence-electron chi connectivity index (χ3n) is 4.82. The minimum absolute atomic E-state index is 0.346. The molecule has 4 rings (SSSR count). The fourth-order valence-electron chi connectivity index (χ4n) is 3.38. The molecular formula is C22H23FN6. The SMILES string of the molecule is CCCCCc1nc(N)c2nc(-c3cncc(F)c3)n(Cc3ccccc3)c2n1. The summed E-state index contributed by atoms with van der Waals surface area (Å²) in [5.41, 5.74) is 9.08. The Bertz CT molecular complexity index is 1120. The van der Waals surface area contributed by atoms with Crippen molar-refractivity contribution in [3.63, 3.8) is 0 Å². The number of pyridine rings is 1. The molecule has 3 heterocycles. The van der Waals surface area contributed by atoms with E-state index >= 15 is 0 Å². The van der Waals surface area contributed by atoms with Gasteiger partial charge in [-0.3, -0.25) is 4.98 Å². The molecule has 0 unspecified atom stereocenters. The van der Waals surface area contributed by atoms with Crippen LogP contribution in [0.2, 0.25) is 0 Å². The fraction of sp³-hybridized carbons (Fsp3) is 0.273. The predicted octanol–water partition coefficient (Wildman–Crippen LogP) is 4.39. The van der Waals surface area contributed by atoms with Crippen LogP contribution in [0.4, 0.5) is 10.2 Å². The molecule has 0 aliphatic heterocycles. The molecule has 0 saturated carbocycles. The summed E-state index contributed by atoms with van der Waals surface area (Å²) in [5.74, 6) is 1.21. The first-order chi connectivity index (χ1) is 14.2. The van der Waals surface area contributed by atoms with Crippen molar-refractivity contribution in [2.24, 2.45) is 0 Å². The van der Waals surface area contributed by atoms with Gasteiger partial charge in [0.05, 0.1) is 12.7 Å². The summed E-state index contributed by atoms with van der Waals surface area (Å²) in [6.45, 7) is 2.70. The molecule has 0 amide bonds. The molecule has 0 aliphatic carbocycles. The van der Waals surface area contributed by atoms with Gasteiger partial charge in [-0.2, -0.15) is 0 Å². The topological polar surface area (TPSA) is 82.5 Å². The van der Waals surface area contributed by atoms with Gasteiger partial charge in [0.1, 0.15) is 17.5 Å². The van der Waals surface area contributed by atoms with E-state index in [1.165, 1.54) is 12.3 Å². The molecule has 0 aliphatic rings. The van der Waals surface area contributed by atoms with Crippen LogP contribution in [0.1, 0.15) is 37.6 Å². The number of nitrogens with zero attached hydrogens (tertiary/aromatic N) is 5. The van der Waals surface area contributed by atoms with Crippen molar-refractivity contribution in [3.05, 3.63) is 66.0 Å². The highest BCUT2D eigenvalue weighted by Crippen LogP contribution is 2.27. The predicted molar refractivity (Wildman–Crippen MR) is 112 cm³/mol. The largest absolute Gasteiger partial charge is 0.382 e. The fourth-order valence-corrected chi connectivity index (χ4v) is 3.38. The molecule has 6 nitrogen and oxygen atoms in total. The first-order valence-corrected chi connectivity index (χ1v) is 9.83. The van der Waals surface area contributed by atoms with Crippen LogP contribution in [0.5, 0.6) is 0 Å². The number of hydrogen-bond donors (Lipinski definition) is 1. The van der Waals surface area contributed by atoms with Crippen molar-refractivity contribution >= 4 is 17.0 Å². The number of benzene rings is 1. The number of aromatic nitrogens is 5. The summed E-state index contributed by atoms with van der Waals surface area (Å²) < 4.78 is 15.8. The van der Waals surface area contributed by atoms with Gasteiger partial charge in [0.15, 0.2) is 17.0 Å². The van der Waals surface area contributed by atoms with Crippen molar-refractivity contribution in [2.45, 2.75) is 39.2 Å². The number of nitrogen functional groups attached to an aromatic ring is 1. The van der Waals surface area contributed by atoms with Crippen LogP contribution < -0.4 is 5.73 Å². The Labute approximate surface area is 168 Å². The Kier molecular flexibility index (Phi) is 5.46. The molecule has 0 spiro atoms. The Morgan fingerprint density at radius 2 is 1.86 bits per heavy atom. The summed E-state index contributed by atoms with van der Waals surface area (Å²) >= 11 is 0. The van der Waals surface area contributed by atoms with Gasteiger partial charge < -0.3 is 10.3 Å². The molecule has 0 saturated heterocycles. The molecule has 0 bridgehead atoms. The highest BCUT2D eigenvalue weighted by Gasteiger charge is 2.19. The van der Waals surface area contributed by atoms with Crippen LogP contribution in [0, 0.1) is 5.82 Å². The van der Waals surface area contributed by atoms with Crippen molar-refractivity contribution < 1.29 is 4.39 Å². The van der Waals surface area contributed by atoms with Crippen LogP contribution in [0.3, 0.4) is 0 Å². The summed E-state index contributed by atoms with van der Waals surface area (Å²) in [5, 5.41) is 0. The second-order valence-electron chi connectivity index (χ2n) is 7.05. The lowest BCUT2D eigenvalue weighted by molar-refractivity contribution is 0.621. The molecule has 3 aromatic heterocycles. The van der Waals surface area contributed by atoms with Crippen LogP contribution in [-0.4, -0.2) is 24.5 Å². The molecule has 0 fully saturated rings. The highest BCUT2D eigenvalue weighted by atomic mass is 19.1. The second kappa shape index (κ2) is 8.34. The number of halogens is 1. The second-order valence-corrected chi connectivity index (χ2v) is 7.05. The van der Waals surface area contributed by atoms with Crippen molar-refractivity contribution in [1.82, 2.24) is 24.5 Å². The van der Waals surface area contributed by atoms with Gasteiger partial charge >= 0.3 is 0 Å². The van der Waals surface area contributed by atoms with E-state index in [-0.39, 0.29) is 0 Å². The highest BCUT2D eigenvalue weighted by molar-refractivity contribution is 5.85. The monoisotopic (exact) mass is 390 g/mol. The lowest BCUT2D eigenvalue weighted by Crippen LogP contribution is -2.06. The smallest absolute Gasteiger partial charge is 0.166 e. The number of anilines is 1. The molecule has 29 heavy (non-hydrogen) atoms. The maximum atomic E-state index is 13.8. The molecule has 7 heteroatoms. The average molecular weight is 390 g/mol. The molecule has 1 aromatic carbocycles. The first-order valence-electron chi connectivity index (χ1n) is 9.83. The number of hydrogen-bond acceptors (Lipinski definition) is 5. The molecule has 0 atom stereocenters. The Morgan fingerprint density at radius 1 is 1.03 bits per heavy atom. The van der Waals surface area contributed by atoms with E-state index in [2.05, 4.69) is 21.9 Å². The maximum absolute atomic E-state index is 13.8. The zero-order valence-electron chi connectivity index (χ0n) is 16.3.